The molecule has 0 atom stereocenters. The zero-order valence-electron chi connectivity index (χ0n) is 13.7. The largest absolute Gasteiger partial charge is 0.480 e. The van der Waals surface area contributed by atoms with Crippen LogP contribution in [0.4, 0.5) is 0 Å². The van der Waals surface area contributed by atoms with Crippen molar-refractivity contribution < 1.29 is 9.90 Å². The summed E-state index contributed by atoms with van der Waals surface area (Å²) in [6, 6.07) is 5.60. The van der Waals surface area contributed by atoms with Crippen LogP contribution < -0.4 is 5.56 Å². The van der Waals surface area contributed by atoms with Crippen LogP contribution >= 0.6 is 34.7 Å². The molecule has 130 valence electrons. The fraction of sp³-hybridized carbons (Fsp3) is 0.235. The number of aromatic nitrogens is 2. The summed E-state index contributed by atoms with van der Waals surface area (Å²) in [4.78, 5) is 31.6. The van der Waals surface area contributed by atoms with Gasteiger partial charge in [-0.15, -0.1) is 11.3 Å². The molecule has 1 aromatic carbocycles. The zero-order chi connectivity index (χ0) is 18.4. The Labute approximate surface area is 157 Å². The van der Waals surface area contributed by atoms with E-state index in [9.17, 15) is 14.7 Å². The average molecular weight is 395 g/mol. The minimum absolute atomic E-state index is 0.280. The summed E-state index contributed by atoms with van der Waals surface area (Å²) in [5, 5.41) is 12.6. The van der Waals surface area contributed by atoms with Crippen LogP contribution in [0.5, 0.6) is 0 Å². The number of thiophene rings is 1. The highest BCUT2D eigenvalue weighted by atomic mass is 35.5. The SMILES string of the molecule is Cc1cc(-c2csc3nc(SC(C)(C)C(=O)O)[nH]c(=O)c23)ccc1Cl. The van der Waals surface area contributed by atoms with Gasteiger partial charge in [0.1, 0.15) is 9.58 Å². The fourth-order valence-corrected chi connectivity index (χ4v) is 4.26. The molecule has 0 bridgehead atoms. The lowest BCUT2D eigenvalue weighted by molar-refractivity contribution is -0.138. The summed E-state index contributed by atoms with van der Waals surface area (Å²) in [7, 11) is 0. The Morgan fingerprint density at radius 3 is 2.76 bits per heavy atom. The van der Waals surface area contributed by atoms with Gasteiger partial charge in [-0.25, -0.2) is 4.98 Å². The second-order valence-electron chi connectivity index (χ2n) is 6.08. The number of aromatic amines is 1. The smallest absolute Gasteiger partial charge is 0.319 e. The summed E-state index contributed by atoms with van der Waals surface area (Å²) in [6.07, 6.45) is 0. The van der Waals surface area contributed by atoms with Crippen LogP contribution in [0, 0.1) is 6.92 Å². The molecule has 0 aliphatic carbocycles. The molecule has 0 fully saturated rings. The number of hydrogen-bond donors (Lipinski definition) is 2. The van der Waals surface area contributed by atoms with E-state index in [2.05, 4.69) is 9.97 Å². The Balaban J connectivity index is 2.09. The van der Waals surface area contributed by atoms with Crippen molar-refractivity contribution in [3.05, 3.63) is 44.5 Å². The van der Waals surface area contributed by atoms with Crippen molar-refractivity contribution in [3.63, 3.8) is 0 Å². The summed E-state index contributed by atoms with van der Waals surface area (Å²) >= 11 is 8.44. The molecule has 25 heavy (non-hydrogen) atoms. The highest BCUT2D eigenvalue weighted by molar-refractivity contribution is 8.01. The van der Waals surface area contributed by atoms with E-state index in [1.54, 1.807) is 19.9 Å². The molecule has 0 radical (unpaired) electrons. The molecule has 5 nitrogen and oxygen atoms in total. The second-order valence-corrected chi connectivity index (χ2v) is 8.96. The van der Waals surface area contributed by atoms with E-state index in [4.69, 9.17) is 11.6 Å². The van der Waals surface area contributed by atoms with Gasteiger partial charge >= 0.3 is 5.97 Å². The molecule has 8 heteroatoms. The molecule has 2 N–H and O–H groups in total. The van der Waals surface area contributed by atoms with E-state index in [1.807, 2.05) is 24.4 Å². The second kappa shape index (κ2) is 6.48. The first-order chi connectivity index (χ1) is 11.7. The number of nitrogens with one attached hydrogen (secondary N) is 1. The van der Waals surface area contributed by atoms with E-state index in [0.717, 1.165) is 28.5 Å². The molecule has 3 rings (SSSR count). The Morgan fingerprint density at radius 1 is 1.40 bits per heavy atom. The summed E-state index contributed by atoms with van der Waals surface area (Å²) in [5.41, 5.74) is 2.34. The monoisotopic (exact) mass is 394 g/mol. The highest BCUT2D eigenvalue weighted by Crippen LogP contribution is 2.35. The summed E-state index contributed by atoms with van der Waals surface area (Å²) in [5.74, 6) is -0.969. The lowest BCUT2D eigenvalue weighted by Gasteiger charge is -2.16. The van der Waals surface area contributed by atoms with Gasteiger partial charge in [-0.1, -0.05) is 29.4 Å². The van der Waals surface area contributed by atoms with Crippen molar-refractivity contribution in [2.45, 2.75) is 30.7 Å². The maximum atomic E-state index is 12.6. The predicted molar refractivity (Wildman–Crippen MR) is 103 cm³/mol. The van der Waals surface area contributed by atoms with Crippen LogP contribution in [0.2, 0.25) is 5.02 Å². The van der Waals surface area contributed by atoms with Crippen molar-refractivity contribution in [1.82, 2.24) is 9.97 Å². The Kier molecular flexibility index (Phi) is 4.66. The van der Waals surface area contributed by atoms with Crippen LogP contribution in [0.25, 0.3) is 21.3 Å². The minimum Gasteiger partial charge on any atom is -0.480 e. The van der Waals surface area contributed by atoms with Gasteiger partial charge in [0.05, 0.1) is 5.39 Å². The Morgan fingerprint density at radius 2 is 2.12 bits per heavy atom. The average Bonchev–Trinajstić information content (AvgIpc) is 2.94. The number of fused-ring (bicyclic) bond motifs is 1. The van der Waals surface area contributed by atoms with Gasteiger partial charge in [-0.05, 0) is 44.0 Å². The molecule has 0 amide bonds. The molecule has 0 unspecified atom stereocenters. The highest BCUT2D eigenvalue weighted by Gasteiger charge is 2.30. The first kappa shape index (κ1) is 18.0. The molecule has 3 aromatic rings. The number of carbonyl (C=O) groups is 1. The number of benzene rings is 1. The van der Waals surface area contributed by atoms with E-state index >= 15 is 0 Å². The topological polar surface area (TPSA) is 83.0 Å². The summed E-state index contributed by atoms with van der Waals surface area (Å²) < 4.78 is -1.09. The molecular weight excluding hydrogens is 380 g/mol. The Hall–Kier alpha value is -1.83. The molecule has 0 aliphatic heterocycles. The van der Waals surface area contributed by atoms with Gasteiger partial charge < -0.3 is 10.1 Å². The number of carboxylic acids is 1. The number of halogens is 1. The van der Waals surface area contributed by atoms with E-state index in [1.165, 1.54) is 11.3 Å². The van der Waals surface area contributed by atoms with Crippen molar-refractivity contribution in [2.24, 2.45) is 0 Å². The third kappa shape index (κ3) is 3.44. The molecule has 2 heterocycles. The maximum absolute atomic E-state index is 12.6. The number of nitrogens with zero attached hydrogens (tertiary/aromatic N) is 1. The molecular formula is C17H15ClN2O3S2. The number of carboxylic acid groups (broad SMARTS) is 1. The first-order valence-electron chi connectivity index (χ1n) is 7.39. The first-order valence-corrected chi connectivity index (χ1v) is 9.47. The number of thioether (sulfide) groups is 1. The van der Waals surface area contributed by atoms with Crippen LogP contribution in [0.3, 0.4) is 0 Å². The molecule has 0 spiro atoms. The van der Waals surface area contributed by atoms with Gasteiger partial charge in [-0.3, -0.25) is 9.59 Å². The normalized spacial score (nSPS) is 11.8. The number of hydrogen-bond acceptors (Lipinski definition) is 5. The Bertz CT molecular complexity index is 1040. The predicted octanol–water partition coefficient (Wildman–Crippen LogP) is 4.57. The van der Waals surface area contributed by atoms with Crippen molar-refractivity contribution >= 4 is 50.9 Å². The number of rotatable bonds is 4. The van der Waals surface area contributed by atoms with E-state index in [0.29, 0.717) is 20.4 Å². The molecule has 0 saturated heterocycles. The van der Waals surface area contributed by atoms with Crippen molar-refractivity contribution in [2.75, 3.05) is 0 Å². The number of aliphatic carboxylic acids is 1. The van der Waals surface area contributed by atoms with E-state index in [-0.39, 0.29) is 5.56 Å². The van der Waals surface area contributed by atoms with Crippen molar-refractivity contribution in [1.29, 1.82) is 0 Å². The van der Waals surface area contributed by atoms with Crippen LogP contribution in [-0.4, -0.2) is 25.8 Å². The van der Waals surface area contributed by atoms with Crippen LogP contribution in [0.1, 0.15) is 19.4 Å². The standard InChI is InChI=1S/C17H15ClN2O3S2/c1-8-6-9(4-5-11(8)18)10-7-24-14-12(10)13(21)19-16(20-14)25-17(2,3)15(22)23/h4-7H,1-3H3,(H,22,23)(H,19,20,21). The fourth-order valence-electron chi connectivity index (χ4n) is 2.29. The minimum atomic E-state index is -1.09. The van der Waals surface area contributed by atoms with Gasteiger partial charge in [0, 0.05) is 16.0 Å². The lowest BCUT2D eigenvalue weighted by atomic mass is 10.0. The van der Waals surface area contributed by atoms with Crippen LogP contribution in [0.15, 0.2) is 33.5 Å². The van der Waals surface area contributed by atoms with Gasteiger partial charge in [0.25, 0.3) is 5.56 Å². The molecule has 2 aromatic heterocycles. The quantitative estimate of drug-likeness (QED) is 0.500. The maximum Gasteiger partial charge on any atom is 0.319 e. The zero-order valence-corrected chi connectivity index (χ0v) is 16.1. The molecule has 0 aliphatic rings. The number of aryl methyl sites for hydroxylation is 1. The van der Waals surface area contributed by atoms with Crippen LogP contribution in [-0.2, 0) is 4.79 Å². The van der Waals surface area contributed by atoms with Crippen molar-refractivity contribution in [3.8, 4) is 11.1 Å². The van der Waals surface area contributed by atoms with Gasteiger partial charge in [0.15, 0.2) is 5.16 Å². The third-order valence-electron chi connectivity index (χ3n) is 3.76. The number of H-pyrrole nitrogens is 1. The summed E-state index contributed by atoms with van der Waals surface area (Å²) in [6.45, 7) is 5.05. The van der Waals surface area contributed by atoms with Gasteiger partial charge in [-0.2, -0.15) is 0 Å². The third-order valence-corrected chi connectivity index (χ3v) is 6.13. The van der Waals surface area contributed by atoms with E-state index < -0.39 is 10.7 Å². The molecule has 0 saturated carbocycles. The lowest BCUT2D eigenvalue weighted by Crippen LogP contribution is -2.27. The van der Waals surface area contributed by atoms with Gasteiger partial charge in [0.2, 0.25) is 0 Å².